The fraction of sp³-hybridized carbons (Fsp3) is 0.455. The van der Waals surface area contributed by atoms with Gasteiger partial charge < -0.3 is 10.5 Å². The Kier molecular flexibility index (Phi) is 7.65. The summed E-state index contributed by atoms with van der Waals surface area (Å²) in [6, 6.07) is 6.58. The van der Waals surface area contributed by atoms with Gasteiger partial charge in [0.25, 0.3) is 0 Å². The molecule has 2 aromatic rings. The number of sulfonamides is 1. The van der Waals surface area contributed by atoms with Gasteiger partial charge in [-0.05, 0) is 86.1 Å². The summed E-state index contributed by atoms with van der Waals surface area (Å²) in [7, 11) is -2.49. The Balaban J connectivity index is 1.59. The first-order chi connectivity index (χ1) is 15.4. The highest BCUT2D eigenvalue weighted by Crippen LogP contribution is 2.33. The zero-order valence-electron chi connectivity index (χ0n) is 17.9. The highest BCUT2D eigenvalue weighted by Gasteiger charge is 2.34. The molecule has 1 atom stereocenters. The molecule has 1 aliphatic rings. The molecular formula is C22H25F5N2O3S. The third-order valence-corrected chi connectivity index (χ3v) is 7.98. The van der Waals surface area contributed by atoms with Crippen LogP contribution in [0.2, 0.25) is 0 Å². The van der Waals surface area contributed by atoms with E-state index in [0.29, 0.717) is 25.7 Å². The monoisotopic (exact) mass is 492 g/mol. The average molecular weight is 493 g/mol. The molecule has 0 bridgehead atoms. The number of rotatable bonds is 7. The highest BCUT2D eigenvalue weighted by molar-refractivity contribution is 7.89. The number of hydrogen-bond acceptors (Lipinski definition) is 4. The van der Waals surface area contributed by atoms with Crippen molar-refractivity contribution < 1.29 is 35.1 Å². The van der Waals surface area contributed by atoms with Crippen LogP contribution in [0.25, 0.3) is 0 Å². The van der Waals surface area contributed by atoms with Crippen LogP contribution >= 0.6 is 0 Å². The van der Waals surface area contributed by atoms with Crippen LogP contribution in [0, 0.1) is 17.6 Å². The molecular weight excluding hydrogens is 467 g/mol. The zero-order valence-corrected chi connectivity index (χ0v) is 18.7. The summed E-state index contributed by atoms with van der Waals surface area (Å²) in [6.07, 6.45) is -2.41. The molecule has 11 heteroatoms. The Morgan fingerprint density at radius 1 is 1.06 bits per heavy atom. The quantitative estimate of drug-likeness (QED) is 0.573. The molecule has 0 spiro atoms. The molecule has 0 aliphatic heterocycles. The number of alkyl halides is 3. The molecule has 2 aromatic carbocycles. The smallest absolute Gasteiger partial charge is 0.406 e. The molecule has 0 unspecified atom stereocenters. The minimum Gasteiger partial charge on any atom is -0.406 e. The number of benzene rings is 2. The number of nitrogens with zero attached hydrogens (tertiary/aromatic N) is 1. The largest absolute Gasteiger partial charge is 0.573 e. The first-order valence-corrected chi connectivity index (χ1v) is 11.8. The zero-order chi connectivity index (χ0) is 24.4. The van der Waals surface area contributed by atoms with Crippen molar-refractivity contribution in [1.29, 1.82) is 0 Å². The van der Waals surface area contributed by atoms with Crippen LogP contribution in [0.5, 0.6) is 5.75 Å². The summed E-state index contributed by atoms with van der Waals surface area (Å²) in [4.78, 5) is -0.139. The molecule has 2 N–H and O–H groups in total. The SMILES string of the molecule is CN(C1CCC([C@H](N)Cc2cc(F)ccc2F)CC1)S(=O)(=O)c1ccc(OC(F)(F)F)cc1. The summed E-state index contributed by atoms with van der Waals surface area (Å²) in [5, 5.41) is 0. The van der Waals surface area contributed by atoms with Crippen LogP contribution in [0.3, 0.4) is 0 Å². The van der Waals surface area contributed by atoms with Crippen molar-refractivity contribution in [2.75, 3.05) is 7.05 Å². The molecule has 182 valence electrons. The van der Waals surface area contributed by atoms with E-state index in [-0.39, 0.29) is 28.8 Å². The molecule has 0 amide bonds. The third kappa shape index (κ3) is 6.42. The van der Waals surface area contributed by atoms with Gasteiger partial charge in [0, 0.05) is 19.1 Å². The summed E-state index contributed by atoms with van der Waals surface area (Å²) < 4.78 is 95.0. The minimum atomic E-state index is -4.86. The van der Waals surface area contributed by atoms with Gasteiger partial charge in [0.1, 0.15) is 17.4 Å². The van der Waals surface area contributed by atoms with Crippen molar-refractivity contribution in [2.24, 2.45) is 11.7 Å². The van der Waals surface area contributed by atoms with Crippen LogP contribution in [0.1, 0.15) is 31.2 Å². The minimum absolute atomic E-state index is 0.0267. The Bertz CT molecular complexity index is 1050. The van der Waals surface area contributed by atoms with Crippen LogP contribution in [-0.4, -0.2) is 38.2 Å². The molecule has 33 heavy (non-hydrogen) atoms. The Hall–Kier alpha value is -2.24. The van der Waals surface area contributed by atoms with Gasteiger partial charge in [0.15, 0.2) is 0 Å². The van der Waals surface area contributed by atoms with Crippen molar-refractivity contribution in [2.45, 2.75) is 55.4 Å². The predicted molar refractivity (Wildman–Crippen MR) is 112 cm³/mol. The topological polar surface area (TPSA) is 72.6 Å². The second kappa shape index (κ2) is 9.94. The fourth-order valence-corrected chi connectivity index (χ4v) is 5.61. The fourth-order valence-electron chi connectivity index (χ4n) is 4.19. The van der Waals surface area contributed by atoms with Crippen molar-refractivity contribution in [3.05, 3.63) is 59.7 Å². The average Bonchev–Trinajstić information content (AvgIpc) is 2.75. The summed E-state index contributed by atoms with van der Waals surface area (Å²) in [5.41, 5.74) is 6.45. The van der Waals surface area contributed by atoms with E-state index in [0.717, 1.165) is 42.5 Å². The van der Waals surface area contributed by atoms with E-state index in [1.165, 1.54) is 11.4 Å². The molecule has 1 aliphatic carbocycles. The Labute approximate surface area is 189 Å². The summed E-state index contributed by atoms with van der Waals surface area (Å²) in [5.74, 6) is -1.53. The maximum atomic E-state index is 13.9. The number of ether oxygens (including phenoxy) is 1. The number of hydrogen-bond donors (Lipinski definition) is 1. The second-order valence-corrected chi connectivity index (χ2v) is 10.2. The van der Waals surface area contributed by atoms with Crippen molar-refractivity contribution in [1.82, 2.24) is 4.31 Å². The summed E-state index contributed by atoms with van der Waals surface area (Å²) >= 11 is 0. The lowest BCUT2D eigenvalue weighted by Gasteiger charge is -2.36. The first kappa shape index (κ1) is 25.4. The lowest BCUT2D eigenvalue weighted by Crippen LogP contribution is -2.42. The van der Waals surface area contributed by atoms with E-state index in [1.807, 2.05) is 0 Å². The van der Waals surface area contributed by atoms with E-state index in [2.05, 4.69) is 4.74 Å². The van der Waals surface area contributed by atoms with Gasteiger partial charge in [0.2, 0.25) is 10.0 Å². The van der Waals surface area contributed by atoms with Gasteiger partial charge in [-0.3, -0.25) is 0 Å². The normalized spacial score (nSPS) is 20.6. The van der Waals surface area contributed by atoms with Crippen molar-refractivity contribution in [3.8, 4) is 5.75 Å². The lowest BCUT2D eigenvalue weighted by atomic mass is 9.80. The van der Waals surface area contributed by atoms with Gasteiger partial charge in [0.05, 0.1) is 4.90 Å². The van der Waals surface area contributed by atoms with Gasteiger partial charge in [-0.25, -0.2) is 17.2 Å². The van der Waals surface area contributed by atoms with Crippen molar-refractivity contribution in [3.63, 3.8) is 0 Å². The van der Waals surface area contributed by atoms with Crippen LogP contribution in [-0.2, 0) is 16.4 Å². The first-order valence-electron chi connectivity index (χ1n) is 10.4. The molecule has 0 radical (unpaired) electrons. The van der Waals surface area contributed by atoms with E-state index in [4.69, 9.17) is 5.73 Å². The van der Waals surface area contributed by atoms with Gasteiger partial charge in [-0.1, -0.05) is 0 Å². The molecule has 3 rings (SSSR count). The molecule has 0 heterocycles. The molecule has 0 saturated heterocycles. The maximum Gasteiger partial charge on any atom is 0.573 e. The van der Waals surface area contributed by atoms with E-state index in [9.17, 15) is 30.4 Å². The number of halogens is 5. The molecule has 1 saturated carbocycles. The van der Waals surface area contributed by atoms with Crippen LogP contribution in [0.15, 0.2) is 47.4 Å². The Morgan fingerprint density at radius 3 is 2.24 bits per heavy atom. The lowest BCUT2D eigenvalue weighted by molar-refractivity contribution is -0.274. The molecule has 5 nitrogen and oxygen atoms in total. The Morgan fingerprint density at radius 2 is 1.67 bits per heavy atom. The summed E-state index contributed by atoms with van der Waals surface area (Å²) in [6.45, 7) is 0. The number of nitrogens with two attached hydrogens (primary N) is 1. The highest BCUT2D eigenvalue weighted by atomic mass is 32.2. The molecule has 0 aromatic heterocycles. The third-order valence-electron chi connectivity index (χ3n) is 6.06. The van der Waals surface area contributed by atoms with E-state index < -0.39 is 39.8 Å². The maximum absolute atomic E-state index is 13.9. The van der Waals surface area contributed by atoms with Gasteiger partial charge >= 0.3 is 6.36 Å². The van der Waals surface area contributed by atoms with Crippen LogP contribution in [0.4, 0.5) is 22.0 Å². The van der Waals surface area contributed by atoms with E-state index in [1.54, 1.807) is 0 Å². The standard InChI is InChI=1S/C22H25F5N2O3S/c1-29(33(30,31)19-9-7-18(8-10-19)32-22(25,26)27)17-5-2-14(3-6-17)21(28)13-15-12-16(23)4-11-20(15)24/h4,7-12,14,17,21H,2-3,5-6,13,28H2,1H3/t14?,17?,21-/m1/s1. The van der Waals surface area contributed by atoms with Gasteiger partial charge in [-0.15, -0.1) is 13.2 Å². The molecule has 1 fully saturated rings. The van der Waals surface area contributed by atoms with Crippen LogP contribution < -0.4 is 10.5 Å². The van der Waals surface area contributed by atoms with E-state index >= 15 is 0 Å². The predicted octanol–water partition coefficient (Wildman–Crippen LogP) is 4.61. The van der Waals surface area contributed by atoms with Gasteiger partial charge in [-0.2, -0.15) is 4.31 Å². The second-order valence-electron chi connectivity index (χ2n) is 8.21. The van der Waals surface area contributed by atoms with Crippen molar-refractivity contribution >= 4 is 10.0 Å².